The lowest BCUT2D eigenvalue weighted by atomic mass is 9.75. The highest BCUT2D eigenvalue weighted by molar-refractivity contribution is 7.48. The number of fused-ring (bicyclic) bond motifs is 1. The number of rotatable bonds is 7. The van der Waals surface area contributed by atoms with E-state index in [0.29, 0.717) is 24.4 Å². The fourth-order valence-electron chi connectivity index (χ4n) is 4.42. The molecule has 1 aromatic carbocycles. The van der Waals surface area contributed by atoms with Crippen molar-refractivity contribution in [3.05, 3.63) is 35.4 Å². The van der Waals surface area contributed by atoms with Crippen LogP contribution in [-0.4, -0.2) is 18.8 Å². The van der Waals surface area contributed by atoms with Crippen LogP contribution < -0.4 is 0 Å². The summed E-state index contributed by atoms with van der Waals surface area (Å²) in [6.07, 6.45) is 4.60. The van der Waals surface area contributed by atoms with Crippen molar-refractivity contribution in [1.29, 1.82) is 0 Å². The molecule has 3 rings (SSSR count). The molecule has 0 heterocycles. The normalized spacial score (nSPS) is 28.9. The molecule has 4 nitrogen and oxygen atoms in total. The molecule has 2 aliphatic carbocycles. The van der Waals surface area contributed by atoms with Crippen LogP contribution >= 0.6 is 7.82 Å². The van der Waals surface area contributed by atoms with Crippen molar-refractivity contribution in [3.63, 3.8) is 0 Å². The van der Waals surface area contributed by atoms with Gasteiger partial charge in [-0.25, -0.2) is 4.57 Å². The Labute approximate surface area is 158 Å². The third-order valence-corrected chi connectivity index (χ3v) is 7.46. The smallest absolute Gasteiger partial charge is 0.287 e. The van der Waals surface area contributed by atoms with E-state index in [0.717, 1.165) is 25.7 Å². The van der Waals surface area contributed by atoms with E-state index in [1.165, 1.54) is 17.5 Å². The van der Waals surface area contributed by atoms with Gasteiger partial charge in [0.2, 0.25) is 0 Å². The lowest BCUT2D eigenvalue weighted by Crippen LogP contribution is -2.34. The average Bonchev–Trinajstić information content (AvgIpc) is 2.96. The van der Waals surface area contributed by atoms with Gasteiger partial charge in [-0.1, -0.05) is 51.5 Å². The summed E-state index contributed by atoms with van der Waals surface area (Å²) in [6, 6.07) is 8.30. The largest absolute Gasteiger partial charge is 0.475 e. The second-order valence-corrected chi connectivity index (χ2v) is 9.81. The highest BCUT2D eigenvalue weighted by atomic mass is 31.2. The van der Waals surface area contributed by atoms with E-state index in [-0.39, 0.29) is 12.2 Å². The number of hydrogen-bond acceptors (Lipinski definition) is 4. The zero-order valence-corrected chi connectivity index (χ0v) is 17.4. The maximum atomic E-state index is 13.4. The van der Waals surface area contributed by atoms with Crippen LogP contribution in [0.15, 0.2) is 24.3 Å². The number of phosphoric acid groups is 1. The quantitative estimate of drug-likeness (QED) is 0.562. The van der Waals surface area contributed by atoms with E-state index in [9.17, 15) is 4.57 Å². The van der Waals surface area contributed by atoms with Crippen molar-refractivity contribution in [2.24, 2.45) is 17.8 Å². The maximum Gasteiger partial charge on any atom is 0.475 e. The molecule has 146 valence electrons. The summed E-state index contributed by atoms with van der Waals surface area (Å²) < 4.78 is 31.1. The van der Waals surface area contributed by atoms with Gasteiger partial charge in [0.25, 0.3) is 0 Å². The molecular weight excluding hydrogens is 347 g/mol. The molecule has 0 aromatic heterocycles. The van der Waals surface area contributed by atoms with Gasteiger partial charge in [-0.2, -0.15) is 0 Å². The number of phosphoric ester groups is 1. The van der Waals surface area contributed by atoms with Crippen molar-refractivity contribution in [2.45, 2.75) is 72.0 Å². The van der Waals surface area contributed by atoms with Crippen LogP contribution in [0.4, 0.5) is 0 Å². The van der Waals surface area contributed by atoms with E-state index in [1.807, 2.05) is 19.1 Å². The second kappa shape index (κ2) is 8.56. The summed E-state index contributed by atoms with van der Waals surface area (Å²) in [4.78, 5) is 0. The topological polar surface area (TPSA) is 44.8 Å². The summed E-state index contributed by atoms with van der Waals surface area (Å²) in [5.41, 5.74) is 2.54. The first kappa shape index (κ1) is 20.1. The van der Waals surface area contributed by atoms with Gasteiger partial charge < -0.3 is 0 Å². The molecule has 4 atom stereocenters. The van der Waals surface area contributed by atoms with Crippen LogP contribution in [-0.2, 0) is 31.0 Å². The van der Waals surface area contributed by atoms with Gasteiger partial charge in [0, 0.05) is 0 Å². The molecule has 1 fully saturated rings. The molecule has 5 heteroatoms. The van der Waals surface area contributed by atoms with E-state index in [1.54, 1.807) is 0 Å². The second-order valence-electron chi connectivity index (χ2n) is 8.24. The Balaban J connectivity index is 1.70. The lowest BCUT2D eigenvalue weighted by molar-refractivity contribution is -0.00335. The molecular formula is C21H33O4P. The van der Waals surface area contributed by atoms with Crippen molar-refractivity contribution < 1.29 is 18.1 Å². The van der Waals surface area contributed by atoms with Crippen LogP contribution in [0.25, 0.3) is 0 Å². The number of benzene rings is 1. The summed E-state index contributed by atoms with van der Waals surface area (Å²) in [5.74, 6) is 1.49. The standard InChI is InChI=1S/C21H33O4P/c1-5-23-26(22,24-19-13-17-8-6-7-9-18(17)14-19)25-21-12-16(4)10-11-20(21)15(2)3/h6-9,15-16,19-21H,5,10-14H2,1-4H3/t16-,20+,21-,26?/m0/s1. The van der Waals surface area contributed by atoms with Crippen LogP contribution in [0.1, 0.15) is 58.1 Å². The SMILES string of the molecule is CCOP(=O)(OC1Cc2ccccc2C1)O[C@H]1C[C@@H](C)CC[C@@H]1C(C)C. The van der Waals surface area contributed by atoms with Crippen LogP contribution in [0.3, 0.4) is 0 Å². The fraction of sp³-hybridized carbons (Fsp3) is 0.714. The molecule has 1 unspecified atom stereocenters. The van der Waals surface area contributed by atoms with Crippen molar-refractivity contribution >= 4 is 7.82 Å². The molecule has 0 radical (unpaired) electrons. The Morgan fingerprint density at radius 1 is 1.12 bits per heavy atom. The highest BCUT2D eigenvalue weighted by Gasteiger charge is 2.40. The van der Waals surface area contributed by atoms with Crippen molar-refractivity contribution in [3.8, 4) is 0 Å². The first-order chi connectivity index (χ1) is 12.4. The molecule has 26 heavy (non-hydrogen) atoms. The number of hydrogen-bond donors (Lipinski definition) is 0. The Morgan fingerprint density at radius 3 is 2.35 bits per heavy atom. The van der Waals surface area contributed by atoms with Gasteiger partial charge in [-0.15, -0.1) is 0 Å². The molecule has 0 N–H and O–H groups in total. The predicted molar refractivity (Wildman–Crippen MR) is 104 cm³/mol. The predicted octanol–water partition coefficient (Wildman–Crippen LogP) is 5.79. The van der Waals surface area contributed by atoms with Crippen molar-refractivity contribution in [2.75, 3.05) is 6.61 Å². The van der Waals surface area contributed by atoms with Crippen LogP contribution in [0.5, 0.6) is 0 Å². The molecule has 0 saturated heterocycles. The molecule has 0 amide bonds. The molecule has 0 bridgehead atoms. The minimum Gasteiger partial charge on any atom is -0.287 e. The summed E-state index contributed by atoms with van der Waals surface area (Å²) >= 11 is 0. The Hall–Kier alpha value is -0.670. The van der Waals surface area contributed by atoms with E-state index in [4.69, 9.17) is 13.6 Å². The zero-order valence-electron chi connectivity index (χ0n) is 16.5. The first-order valence-corrected chi connectivity index (χ1v) is 11.5. The summed E-state index contributed by atoms with van der Waals surface area (Å²) in [7, 11) is -3.57. The monoisotopic (exact) mass is 380 g/mol. The first-order valence-electron chi connectivity index (χ1n) is 10.1. The Kier molecular flexibility index (Phi) is 6.61. The summed E-state index contributed by atoms with van der Waals surface area (Å²) in [5, 5.41) is 0. The molecule has 0 aliphatic heterocycles. The van der Waals surface area contributed by atoms with E-state index in [2.05, 4.69) is 32.9 Å². The summed E-state index contributed by atoms with van der Waals surface area (Å²) in [6.45, 7) is 8.85. The third-order valence-electron chi connectivity index (χ3n) is 5.80. The van der Waals surface area contributed by atoms with Gasteiger partial charge in [-0.3, -0.25) is 13.6 Å². The van der Waals surface area contributed by atoms with Gasteiger partial charge in [0.1, 0.15) is 0 Å². The lowest BCUT2D eigenvalue weighted by Gasteiger charge is -2.38. The van der Waals surface area contributed by atoms with Gasteiger partial charge >= 0.3 is 7.82 Å². The van der Waals surface area contributed by atoms with E-state index >= 15 is 0 Å². The Bertz CT molecular complexity index is 620. The molecule has 1 saturated carbocycles. The third kappa shape index (κ3) is 4.78. The van der Waals surface area contributed by atoms with Gasteiger partial charge in [0.15, 0.2) is 0 Å². The highest BCUT2D eigenvalue weighted by Crippen LogP contribution is 2.55. The molecule has 2 aliphatic rings. The van der Waals surface area contributed by atoms with Gasteiger partial charge in [0.05, 0.1) is 18.8 Å². The van der Waals surface area contributed by atoms with Crippen molar-refractivity contribution in [1.82, 2.24) is 0 Å². The zero-order chi connectivity index (χ0) is 18.7. The fourth-order valence-corrected chi connectivity index (χ4v) is 6.00. The molecule has 0 spiro atoms. The van der Waals surface area contributed by atoms with E-state index < -0.39 is 7.82 Å². The molecule has 1 aromatic rings. The van der Waals surface area contributed by atoms with Crippen LogP contribution in [0.2, 0.25) is 0 Å². The average molecular weight is 380 g/mol. The van der Waals surface area contributed by atoms with Gasteiger partial charge in [-0.05, 0) is 61.5 Å². The van der Waals surface area contributed by atoms with Crippen LogP contribution in [0, 0.1) is 17.8 Å². The Morgan fingerprint density at radius 2 is 1.77 bits per heavy atom. The minimum absolute atomic E-state index is 0.0556. The maximum absolute atomic E-state index is 13.4. The minimum atomic E-state index is -3.57.